The number of Topliss-reactive ketones (excluding diaryl/α,β-unsaturated/α-hetero) is 2. The van der Waals surface area contributed by atoms with E-state index in [1.807, 2.05) is 6.92 Å². The number of nitrogens with one attached hydrogen (secondary N) is 4. The fourth-order valence-corrected chi connectivity index (χ4v) is 7.31. The van der Waals surface area contributed by atoms with Crippen LogP contribution in [0.3, 0.4) is 0 Å². The molecule has 258 valence electrons. The average Bonchev–Trinajstić information content (AvgIpc) is 3.45. The molecule has 18 heteroatoms. The first-order chi connectivity index (χ1) is 21.9. The van der Waals surface area contributed by atoms with E-state index in [1.54, 1.807) is 13.8 Å². The second-order valence-corrected chi connectivity index (χ2v) is 14.5. The van der Waals surface area contributed by atoms with Crippen LogP contribution in [0.4, 0.5) is 0 Å². The van der Waals surface area contributed by atoms with Crippen LogP contribution in [0.1, 0.15) is 72.6 Å². The molecule has 2 aliphatic heterocycles. The molecule has 5 amide bonds. The number of hydrogen-bond donors (Lipinski definition) is 6. The number of rotatable bonds is 18. The highest BCUT2D eigenvalue weighted by Gasteiger charge is 2.51. The number of carbonyl (C=O) groups excluding carboxylic acids is 7. The Labute approximate surface area is 280 Å². The molecule has 1 fully saturated rings. The summed E-state index contributed by atoms with van der Waals surface area (Å²) >= 11 is 2.78. The van der Waals surface area contributed by atoms with Gasteiger partial charge in [0, 0.05) is 30.9 Å². The van der Waals surface area contributed by atoms with Gasteiger partial charge in [0.1, 0.15) is 17.4 Å². The molecule has 0 bridgehead atoms. The SMILES string of the molecule is CC(=O)N[C@H](CC(N)=O)C(=O)N[C@@H](C)CCC(=O)CC(=O)NC1(C(=O)CC(=O)NCC2=N[C@](C)(C3=N[C@](C)(C(=O)O)CS3)CS2)CC1. The van der Waals surface area contributed by atoms with Crippen molar-refractivity contribution in [2.24, 2.45) is 15.7 Å². The summed E-state index contributed by atoms with van der Waals surface area (Å²) in [7, 11) is 0. The van der Waals surface area contributed by atoms with Gasteiger partial charge in [-0.05, 0) is 40.0 Å². The van der Waals surface area contributed by atoms with Gasteiger partial charge in [-0.1, -0.05) is 0 Å². The molecule has 3 rings (SSSR count). The fourth-order valence-electron chi connectivity index (χ4n) is 4.82. The second kappa shape index (κ2) is 15.4. The maximum atomic E-state index is 12.9. The lowest BCUT2D eigenvalue weighted by Crippen LogP contribution is -2.50. The molecule has 16 nitrogen and oxygen atoms in total. The van der Waals surface area contributed by atoms with E-state index in [9.17, 15) is 43.5 Å². The predicted octanol–water partition coefficient (Wildman–Crippen LogP) is -0.773. The van der Waals surface area contributed by atoms with Crippen molar-refractivity contribution in [1.82, 2.24) is 21.3 Å². The number of ketones is 2. The summed E-state index contributed by atoms with van der Waals surface area (Å²) in [4.78, 5) is 106. The Morgan fingerprint density at radius 3 is 2.21 bits per heavy atom. The molecule has 0 aromatic rings. The van der Waals surface area contributed by atoms with Gasteiger partial charge >= 0.3 is 5.97 Å². The smallest absolute Gasteiger partial charge is 0.332 e. The number of aliphatic imine (C=N–C) groups is 2. The van der Waals surface area contributed by atoms with Gasteiger partial charge in [-0.3, -0.25) is 43.5 Å². The Bertz CT molecular complexity index is 1400. The van der Waals surface area contributed by atoms with Crippen molar-refractivity contribution in [3.05, 3.63) is 0 Å². The first-order valence-electron chi connectivity index (χ1n) is 15.0. The Kier molecular flexibility index (Phi) is 12.3. The standard InChI is InChI=1S/C29H41N7O9S2/c1-15(32-24(43)18(10-20(30)40)33-16(2)37)5-6-17(38)9-22(42)34-29(7-8-29)19(39)11-21(41)31-12-23-35-27(3,13-46-23)25-36-28(4,14-47-25)26(44)45/h15,18H,5-14H2,1-4H3,(H2,30,40)(H,31,41)(H,32,43)(H,33,37)(H,34,42)(H,44,45)/t15-,18+,27-,28-/m0/s1. The molecule has 4 atom stereocenters. The third-order valence-corrected chi connectivity index (χ3v) is 10.6. The number of primary amides is 1. The van der Waals surface area contributed by atoms with Gasteiger partial charge in [0.25, 0.3) is 0 Å². The predicted molar refractivity (Wildman–Crippen MR) is 175 cm³/mol. The topological polar surface area (TPSA) is 256 Å². The first-order valence-corrected chi connectivity index (χ1v) is 17.0. The third-order valence-electron chi connectivity index (χ3n) is 7.77. The maximum absolute atomic E-state index is 12.9. The van der Waals surface area contributed by atoms with Gasteiger partial charge in [0.05, 0.1) is 41.4 Å². The van der Waals surface area contributed by atoms with Gasteiger partial charge in [-0.25, -0.2) is 4.79 Å². The molecule has 3 aliphatic rings. The third kappa shape index (κ3) is 10.6. The van der Waals surface area contributed by atoms with Crippen molar-refractivity contribution in [1.29, 1.82) is 0 Å². The molecular formula is C29H41N7O9S2. The summed E-state index contributed by atoms with van der Waals surface area (Å²) in [6.07, 6.45) is -0.510. The number of nitrogens with zero attached hydrogens (tertiary/aromatic N) is 2. The number of carboxylic acid groups (broad SMARTS) is 1. The van der Waals surface area contributed by atoms with Crippen LogP contribution in [-0.4, -0.2) is 109 Å². The maximum Gasteiger partial charge on any atom is 0.332 e. The molecular weight excluding hydrogens is 654 g/mol. The summed E-state index contributed by atoms with van der Waals surface area (Å²) in [5, 5.41) is 20.9. The zero-order chi connectivity index (χ0) is 35.2. The average molecular weight is 696 g/mol. The number of carbonyl (C=O) groups is 8. The lowest BCUT2D eigenvalue weighted by molar-refractivity contribution is -0.141. The van der Waals surface area contributed by atoms with E-state index >= 15 is 0 Å². The van der Waals surface area contributed by atoms with Crippen LogP contribution in [-0.2, 0) is 38.4 Å². The molecule has 0 saturated heterocycles. The Morgan fingerprint density at radius 1 is 0.957 bits per heavy atom. The van der Waals surface area contributed by atoms with E-state index < -0.39 is 88.6 Å². The number of hydrogen-bond acceptors (Lipinski definition) is 12. The number of thioether (sulfide) groups is 2. The van der Waals surface area contributed by atoms with Gasteiger partial charge in [0.2, 0.25) is 29.5 Å². The van der Waals surface area contributed by atoms with Gasteiger partial charge < -0.3 is 32.1 Å². The first kappa shape index (κ1) is 37.7. The van der Waals surface area contributed by atoms with E-state index in [2.05, 4.69) is 31.3 Å². The number of carboxylic acids is 1. The van der Waals surface area contributed by atoms with Gasteiger partial charge in [-0.15, -0.1) is 23.5 Å². The Hall–Kier alpha value is -3.80. The number of amides is 5. The Balaban J connectivity index is 1.40. The Morgan fingerprint density at radius 2 is 1.64 bits per heavy atom. The van der Waals surface area contributed by atoms with Crippen LogP contribution in [0.5, 0.6) is 0 Å². The van der Waals surface area contributed by atoms with Gasteiger partial charge in [0.15, 0.2) is 11.3 Å². The summed E-state index contributed by atoms with van der Waals surface area (Å²) in [5.41, 5.74) is 2.04. The van der Waals surface area contributed by atoms with Crippen molar-refractivity contribution in [3.8, 4) is 0 Å². The molecule has 47 heavy (non-hydrogen) atoms. The monoisotopic (exact) mass is 695 g/mol. The van der Waals surface area contributed by atoms with E-state index in [1.165, 1.54) is 30.4 Å². The highest BCUT2D eigenvalue weighted by atomic mass is 32.2. The zero-order valence-corrected chi connectivity index (χ0v) is 28.4. The minimum atomic E-state index is -1.20. The lowest BCUT2D eigenvalue weighted by atomic mass is 10.0. The normalized spacial score (nSPS) is 23.7. The molecule has 1 saturated carbocycles. The molecule has 0 unspecified atom stereocenters. The summed E-state index contributed by atoms with van der Waals surface area (Å²) < 4.78 is 0. The van der Waals surface area contributed by atoms with Crippen molar-refractivity contribution in [3.63, 3.8) is 0 Å². The molecule has 0 aromatic carbocycles. The summed E-state index contributed by atoms with van der Waals surface area (Å²) in [5.74, 6) is -4.14. The number of nitrogens with two attached hydrogens (primary N) is 1. The molecule has 0 radical (unpaired) electrons. The van der Waals surface area contributed by atoms with Crippen molar-refractivity contribution in [2.45, 2.75) is 101 Å². The van der Waals surface area contributed by atoms with E-state index in [4.69, 9.17) is 5.73 Å². The molecule has 0 aromatic heterocycles. The van der Waals surface area contributed by atoms with Crippen LogP contribution < -0.4 is 27.0 Å². The van der Waals surface area contributed by atoms with E-state index in [0.717, 1.165) is 0 Å². The minimum Gasteiger partial charge on any atom is -0.479 e. The van der Waals surface area contributed by atoms with Crippen LogP contribution in [0.25, 0.3) is 0 Å². The van der Waals surface area contributed by atoms with Crippen molar-refractivity contribution >= 4 is 80.7 Å². The summed E-state index contributed by atoms with van der Waals surface area (Å²) in [6, 6.07) is -1.66. The minimum absolute atomic E-state index is 0.0509. The van der Waals surface area contributed by atoms with Crippen LogP contribution >= 0.6 is 23.5 Å². The fraction of sp³-hybridized carbons (Fsp3) is 0.655. The van der Waals surface area contributed by atoms with E-state index in [0.29, 0.717) is 34.4 Å². The van der Waals surface area contributed by atoms with Crippen LogP contribution in [0.2, 0.25) is 0 Å². The highest BCUT2D eigenvalue weighted by Crippen LogP contribution is 2.39. The number of aliphatic carboxylic acids is 1. The highest BCUT2D eigenvalue weighted by molar-refractivity contribution is 8.16. The molecule has 2 heterocycles. The van der Waals surface area contributed by atoms with E-state index in [-0.39, 0.29) is 25.8 Å². The molecule has 7 N–H and O–H groups in total. The van der Waals surface area contributed by atoms with Gasteiger partial charge in [-0.2, -0.15) is 0 Å². The molecule has 1 aliphatic carbocycles. The second-order valence-electron chi connectivity index (χ2n) is 12.4. The van der Waals surface area contributed by atoms with Crippen LogP contribution in [0.15, 0.2) is 9.98 Å². The largest absolute Gasteiger partial charge is 0.479 e. The zero-order valence-electron chi connectivity index (χ0n) is 26.7. The van der Waals surface area contributed by atoms with Crippen molar-refractivity contribution in [2.75, 3.05) is 18.1 Å². The van der Waals surface area contributed by atoms with Crippen LogP contribution in [0, 0.1) is 0 Å². The summed E-state index contributed by atoms with van der Waals surface area (Å²) in [6.45, 7) is 6.33. The molecule has 0 spiro atoms. The lowest BCUT2D eigenvalue weighted by Gasteiger charge is -2.20. The van der Waals surface area contributed by atoms with Crippen molar-refractivity contribution < 1.29 is 43.5 Å². The quantitative estimate of drug-likeness (QED) is 0.0971.